The van der Waals surface area contributed by atoms with Crippen LogP contribution in [0.2, 0.25) is 0 Å². The summed E-state index contributed by atoms with van der Waals surface area (Å²) >= 11 is 9.49. The maximum absolute atomic E-state index is 12.3. The second-order valence-corrected chi connectivity index (χ2v) is 7.14. The summed E-state index contributed by atoms with van der Waals surface area (Å²) < 4.78 is 0.211. The van der Waals surface area contributed by atoms with Crippen LogP contribution in [-0.2, 0) is 17.4 Å². The molecular weight excluding hydrogens is 252 g/mol. The normalized spacial score (nSPS) is 42.2. The molecule has 4 aliphatic carbocycles. The predicted molar refractivity (Wildman–Crippen MR) is 71.8 cm³/mol. The van der Waals surface area contributed by atoms with Crippen LogP contribution in [0.1, 0.15) is 38.5 Å². The Balaban J connectivity index is 1.73. The second kappa shape index (κ2) is 4.05. The molecule has 0 spiro atoms. The lowest BCUT2D eigenvalue weighted by molar-refractivity contribution is -0.146. The zero-order chi connectivity index (χ0) is 12.0. The van der Waals surface area contributed by atoms with Crippen molar-refractivity contribution in [3.63, 3.8) is 0 Å². The van der Waals surface area contributed by atoms with Crippen LogP contribution in [0.25, 0.3) is 0 Å². The topological polar surface area (TPSA) is 41.1 Å². The van der Waals surface area contributed by atoms with Crippen LogP contribution >= 0.6 is 12.2 Å². The fraction of sp³-hybridized carbons (Fsp3) is 0.833. The average molecular weight is 269 g/mol. The number of rotatable bonds is 1. The molecule has 0 aromatic heterocycles. The van der Waals surface area contributed by atoms with Crippen molar-refractivity contribution in [3.8, 4) is 0 Å². The highest BCUT2D eigenvalue weighted by molar-refractivity contribution is 8.00. The molecule has 1 amide bonds. The van der Waals surface area contributed by atoms with Crippen LogP contribution in [0.3, 0.4) is 0 Å². The van der Waals surface area contributed by atoms with E-state index in [1.807, 2.05) is 0 Å². The first-order valence-corrected chi connectivity index (χ1v) is 7.16. The summed E-state index contributed by atoms with van der Waals surface area (Å²) in [6, 6.07) is 0. The average Bonchev–Trinajstić information content (AvgIpc) is 2.23. The zero-order valence-corrected chi connectivity index (χ0v) is 11.3. The van der Waals surface area contributed by atoms with Gasteiger partial charge in [-0.05, 0) is 60.6 Å². The zero-order valence-electron chi connectivity index (χ0n) is 9.70. The number of hydrogen-bond acceptors (Lipinski definition) is 3. The molecule has 2 N–H and O–H groups in total. The molecule has 0 saturated heterocycles. The van der Waals surface area contributed by atoms with Gasteiger partial charge in [0.05, 0.1) is 5.41 Å². The van der Waals surface area contributed by atoms with E-state index in [1.165, 1.54) is 19.3 Å². The van der Waals surface area contributed by atoms with Crippen molar-refractivity contribution in [2.75, 3.05) is 0 Å². The number of amides is 1. The van der Waals surface area contributed by atoms with Crippen LogP contribution in [0.4, 0.5) is 0 Å². The molecule has 4 saturated carbocycles. The monoisotopic (exact) mass is 269 g/mol. The highest BCUT2D eigenvalue weighted by atomic mass is 32.1. The molecule has 0 atom stereocenters. The SMILES string of the molecule is O=C(NNC(=S)[S-])C12CC3CC(CC(C3)C1)C2. The van der Waals surface area contributed by atoms with Crippen LogP contribution in [0, 0.1) is 23.2 Å². The highest BCUT2D eigenvalue weighted by Crippen LogP contribution is 2.59. The van der Waals surface area contributed by atoms with E-state index in [1.54, 1.807) is 0 Å². The van der Waals surface area contributed by atoms with Crippen LogP contribution in [0.5, 0.6) is 0 Å². The van der Waals surface area contributed by atoms with Gasteiger partial charge in [-0.15, -0.1) is 0 Å². The van der Waals surface area contributed by atoms with E-state index in [4.69, 9.17) is 24.8 Å². The second-order valence-electron chi connectivity index (χ2n) is 6.06. The molecule has 4 aliphatic rings. The number of carbonyl (C=O) groups is 1. The molecule has 5 heteroatoms. The van der Waals surface area contributed by atoms with E-state index < -0.39 is 0 Å². The minimum absolute atomic E-state index is 0.115. The van der Waals surface area contributed by atoms with E-state index in [0.717, 1.165) is 37.0 Å². The molecule has 4 bridgehead atoms. The lowest BCUT2D eigenvalue weighted by Crippen LogP contribution is -2.56. The largest absolute Gasteiger partial charge is 0.410 e. The van der Waals surface area contributed by atoms with Crippen LogP contribution < -0.4 is 10.9 Å². The van der Waals surface area contributed by atoms with E-state index in [0.29, 0.717) is 0 Å². The molecular formula is C12H17N2OS2-. The van der Waals surface area contributed by atoms with E-state index in [-0.39, 0.29) is 15.6 Å². The summed E-state index contributed by atoms with van der Waals surface area (Å²) in [6.07, 6.45) is 7.24. The molecule has 0 aliphatic heterocycles. The Morgan fingerprint density at radius 1 is 1.06 bits per heavy atom. The highest BCUT2D eigenvalue weighted by Gasteiger charge is 2.54. The van der Waals surface area contributed by atoms with Gasteiger partial charge in [-0.2, -0.15) is 0 Å². The minimum atomic E-state index is -0.123. The molecule has 0 radical (unpaired) electrons. The molecule has 0 aromatic rings. The smallest absolute Gasteiger partial charge is 0.244 e. The fourth-order valence-electron chi connectivity index (χ4n) is 4.63. The summed E-state index contributed by atoms with van der Waals surface area (Å²) in [5, 5.41) is 0. The van der Waals surface area contributed by atoms with Gasteiger partial charge in [-0.25, -0.2) is 0 Å². The first kappa shape index (κ1) is 11.7. The number of thiocarbonyl (C=S) groups is 1. The quantitative estimate of drug-likeness (QED) is 0.431. The van der Waals surface area contributed by atoms with Crippen molar-refractivity contribution >= 4 is 35.1 Å². The Kier molecular flexibility index (Phi) is 2.78. The van der Waals surface area contributed by atoms with Crippen molar-refractivity contribution in [3.05, 3.63) is 0 Å². The Morgan fingerprint density at radius 2 is 1.53 bits per heavy atom. The third kappa shape index (κ3) is 2.03. The Hall–Kier alpha value is -0.420. The molecule has 4 fully saturated rings. The Bertz CT molecular complexity index is 334. The van der Waals surface area contributed by atoms with Crippen molar-refractivity contribution in [1.29, 1.82) is 0 Å². The number of carbonyl (C=O) groups excluding carboxylic acids is 1. The first-order valence-electron chi connectivity index (χ1n) is 6.35. The molecule has 4 rings (SSSR count). The maximum Gasteiger partial charge on any atom is 0.244 e. The first-order chi connectivity index (χ1) is 8.07. The van der Waals surface area contributed by atoms with Gasteiger partial charge in [-0.1, -0.05) is 0 Å². The number of hydrazine groups is 1. The van der Waals surface area contributed by atoms with Crippen LogP contribution in [-0.4, -0.2) is 10.2 Å². The van der Waals surface area contributed by atoms with Crippen molar-refractivity contribution < 1.29 is 4.79 Å². The van der Waals surface area contributed by atoms with Gasteiger partial charge in [0.25, 0.3) is 0 Å². The van der Waals surface area contributed by atoms with Crippen molar-refractivity contribution in [1.82, 2.24) is 10.9 Å². The summed E-state index contributed by atoms with van der Waals surface area (Å²) in [7, 11) is 0. The predicted octanol–water partition coefficient (Wildman–Crippen LogP) is 1.66. The third-order valence-corrected chi connectivity index (χ3v) is 5.00. The van der Waals surface area contributed by atoms with Gasteiger partial charge in [0.1, 0.15) is 0 Å². The van der Waals surface area contributed by atoms with E-state index in [2.05, 4.69) is 10.9 Å². The fourth-order valence-corrected chi connectivity index (χ4v) is 4.73. The summed E-state index contributed by atoms with van der Waals surface area (Å²) in [6.45, 7) is 0. The minimum Gasteiger partial charge on any atom is -0.410 e. The van der Waals surface area contributed by atoms with Crippen molar-refractivity contribution in [2.24, 2.45) is 23.2 Å². The third-order valence-electron chi connectivity index (χ3n) is 4.80. The molecule has 0 aromatic carbocycles. The standard InChI is InChI=1S/C12H18N2OS2/c15-10(13-14-11(16)17)12-4-7-1-8(5-12)3-9(2-7)6-12/h7-9H,1-6H2,(H,13,15)(H2,14,16,17)/p-1. The van der Waals surface area contributed by atoms with Gasteiger partial charge in [0.15, 0.2) is 0 Å². The lowest BCUT2D eigenvalue weighted by Gasteiger charge is -2.55. The van der Waals surface area contributed by atoms with Gasteiger partial charge in [0.2, 0.25) is 5.91 Å². The van der Waals surface area contributed by atoms with E-state index in [9.17, 15) is 4.79 Å². The molecule has 94 valence electrons. The van der Waals surface area contributed by atoms with Gasteiger partial charge in [-0.3, -0.25) is 10.2 Å². The molecule has 3 nitrogen and oxygen atoms in total. The summed E-state index contributed by atoms with van der Waals surface area (Å²) in [5.74, 6) is 2.45. The van der Waals surface area contributed by atoms with Crippen LogP contribution in [0.15, 0.2) is 0 Å². The molecule has 17 heavy (non-hydrogen) atoms. The summed E-state index contributed by atoms with van der Waals surface area (Å²) in [4.78, 5) is 12.3. The summed E-state index contributed by atoms with van der Waals surface area (Å²) in [5.41, 5.74) is 5.20. The van der Waals surface area contributed by atoms with E-state index >= 15 is 0 Å². The number of hydrogen-bond donors (Lipinski definition) is 2. The molecule has 0 heterocycles. The van der Waals surface area contributed by atoms with Gasteiger partial charge in [0, 0.05) is 0 Å². The molecule has 0 unspecified atom stereocenters. The van der Waals surface area contributed by atoms with Gasteiger partial charge >= 0.3 is 0 Å². The Morgan fingerprint density at radius 3 is 1.94 bits per heavy atom. The van der Waals surface area contributed by atoms with Gasteiger partial charge < -0.3 is 30.3 Å². The Labute approximate surface area is 112 Å². The lowest BCUT2D eigenvalue weighted by atomic mass is 9.49. The van der Waals surface area contributed by atoms with Crippen molar-refractivity contribution in [2.45, 2.75) is 38.5 Å². The number of nitrogens with one attached hydrogen (secondary N) is 2. The maximum atomic E-state index is 12.3.